The molecule has 0 amide bonds. The molecule has 0 spiro atoms. The molecule has 0 N–H and O–H groups in total. The molecule has 11 heteroatoms. The van der Waals surface area contributed by atoms with Crippen molar-refractivity contribution in [1.82, 2.24) is 14.3 Å². The first-order valence-corrected chi connectivity index (χ1v) is 11.6. The molecule has 1 atom stereocenters. The van der Waals surface area contributed by atoms with Crippen molar-refractivity contribution in [2.45, 2.75) is 50.6 Å². The molecule has 0 bridgehead atoms. The lowest BCUT2D eigenvalue weighted by atomic mass is 9.99. The van der Waals surface area contributed by atoms with Crippen LogP contribution in [0.1, 0.15) is 62.0 Å². The first-order chi connectivity index (χ1) is 15.8. The molecule has 1 aliphatic rings. The van der Waals surface area contributed by atoms with Gasteiger partial charge >= 0.3 is 6.18 Å². The van der Waals surface area contributed by atoms with Gasteiger partial charge in [0.25, 0.3) is 5.56 Å². The molecule has 1 unspecified atom stereocenters. The van der Waals surface area contributed by atoms with Crippen LogP contribution in [-0.2, 0) is 24.2 Å². The molecule has 2 aromatic heterocycles. The molecule has 178 valence electrons. The molecule has 34 heavy (non-hydrogen) atoms. The van der Waals surface area contributed by atoms with Crippen molar-refractivity contribution in [3.8, 4) is 6.07 Å². The van der Waals surface area contributed by atoms with E-state index in [0.29, 0.717) is 11.1 Å². The molecule has 0 aliphatic heterocycles. The van der Waals surface area contributed by atoms with Crippen molar-refractivity contribution in [3.05, 3.63) is 63.2 Å². The number of hydrogen-bond acceptors (Lipinski definition) is 4. The number of hydrogen-bond donors (Lipinski definition) is 0. The molecule has 0 radical (unpaired) electrons. The van der Waals surface area contributed by atoms with Crippen LogP contribution in [-0.4, -0.2) is 29.0 Å². The van der Waals surface area contributed by atoms with E-state index >= 15 is 0 Å². The lowest BCUT2D eigenvalue weighted by Gasteiger charge is -2.16. The summed E-state index contributed by atoms with van der Waals surface area (Å²) in [6, 6.07) is 6.50. The topological polar surface area (TPSA) is 93.0 Å². The largest absolute Gasteiger partial charge is 0.417 e. The number of aromatic nitrogens is 3. The smallest absolute Gasteiger partial charge is 0.311 e. The number of benzene rings is 1. The van der Waals surface area contributed by atoms with Crippen LogP contribution in [0.2, 0.25) is 0 Å². The predicted molar refractivity (Wildman–Crippen MR) is 123 cm³/mol. The fraction of sp³-hybridized carbons (Fsp3) is 0.391. The Kier molecular flexibility index (Phi) is 5.76. The number of rotatable bonds is 4. The van der Waals surface area contributed by atoms with Crippen LogP contribution < -0.4 is 5.56 Å². The fourth-order valence-electron chi connectivity index (χ4n) is 3.61. The lowest BCUT2D eigenvalue weighted by molar-refractivity contribution is -0.137. The molecule has 3 aromatic rings. The Bertz CT molecular complexity index is 1450. The van der Waals surface area contributed by atoms with Crippen molar-refractivity contribution in [2.24, 2.45) is 11.4 Å². The van der Waals surface area contributed by atoms with Crippen molar-refractivity contribution >= 4 is 27.6 Å². The highest BCUT2D eigenvalue weighted by atomic mass is 32.2. The van der Waals surface area contributed by atoms with Crippen LogP contribution in [0.25, 0.3) is 10.9 Å². The molecule has 4 rings (SSSR count). The van der Waals surface area contributed by atoms with Gasteiger partial charge in [-0.2, -0.15) is 27.9 Å². The molecular formula is C23H22F3N5O2S. The maximum atomic E-state index is 13.4. The maximum Gasteiger partial charge on any atom is 0.417 e. The van der Waals surface area contributed by atoms with Gasteiger partial charge in [-0.05, 0) is 51.8 Å². The van der Waals surface area contributed by atoms with E-state index in [1.54, 1.807) is 50.7 Å². The highest BCUT2D eigenvalue weighted by Crippen LogP contribution is 2.35. The van der Waals surface area contributed by atoms with Crippen molar-refractivity contribution < 1.29 is 17.4 Å². The summed E-state index contributed by atoms with van der Waals surface area (Å²) in [6.07, 6.45) is -1.22. The van der Waals surface area contributed by atoms with E-state index in [0.717, 1.165) is 25.0 Å². The van der Waals surface area contributed by atoms with Gasteiger partial charge in [0.05, 0.1) is 27.6 Å². The molecule has 1 aromatic carbocycles. The van der Waals surface area contributed by atoms with Gasteiger partial charge in [0.2, 0.25) is 0 Å². The van der Waals surface area contributed by atoms with Gasteiger partial charge in [0.15, 0.2) is 5.52 Å². The third kappa shape index (κ3) is 4.30. The Labute approximate surface area is 196 Å². The summed E-state index contributed by atoms with van der Waals surface area (Å²) in [4.78, 5) is 13.0. The number of nitriles is 1. The highest BCUT2D eigenvalue weighted by molar-refractivity contribution is 7.85. The first kappa shape index (κ1) is 23.9. The molecule has 1 aliphatic carbocycles. The monoisotopic (exact) mass is 489 g/mol. The summed E-state index contributed by atoms with van der Waals surface area (Å²) in [7, 11) is -0.199. The first-order valence-electron chi connectivity index (χ1n) is 10.5. The normalized spacial score (nSPS) is 16.0. The minimum absolute atomic E-state index is 0.0899. The summed E-state index contributed by atoms with van der Waals surface area (Å²) in [5.74, 6) is 0. The average Bonchev–Trinajstić information content (AvgIpc) is 3.53. The SMILES string of the molecule is Cn1nc2c(=O)n(C3CC3)ccc2c1/C(=N/S(=O)C(C)(C)C)c1ccc(C(F)(F)F)c(C#N)c1. The molecular weight excluding hydrogens is 467 g/mol. The van der Waals surface area contributed by atoms with Crippen molar-refractivity contribution in [1.29, 1.82) is 5.26 Å². The number of halogens is 3. The van der Waals surface area contributed by atoms with E-state index in [1.165, 1.54) is 10.7 Å². The van der Waals surface area contributed by atoms with E-state index in [9.17, 15) is 27.4 Å². The lowest BCUT2D eigenvalue weighted by Crippen LogP contribution is -2.22. The minimum atomic E-state index is -4.71. The number of fused-ring (bicyclic) bond motifs is 1. The second-order valence-electron chi connectivity index (χ2n) is 9.17. The molecule has 2 heterocycles. The summed E-state index contributed by atoms with van der Waals surface area (Å²) in [5, 5.41) is 14.2. The van der Waals surface area contributed by atoms with Gasteiger partial charge in [0.1, 0.15) is 16.7 Å². The Balaban J connectivity index is 1.99. The molecule has 1 fully saturated rings. The zero-order chi connectivity index (χ0) is 25.0. The summed E-state index contributed by atoms with van der Waals surface area (Å²) in [6.45, 7) is 5.15. The van der Waals surface area contributed by atoms with Crippen LogP contribution >= 0.6 is 0 Å². The Morgan fingerprint density at radius 3 is 2.47 bits per heavy atom. The van der Waals surface area contributed by atoms with Gasteiger partial charge in [-0.15, -0.1) is 0 Å². The van der Waals surface area contributed by atoms with Crippen LogP contribution in [0.5, 0.6) is 0 Å². The van der Waals surface area contributed by atoms with Crippen LogP contribution in [0.15, 0.2) is 39.7 Å². The average molecular weight is 490 g/mol. The number of alkyl halides is 3. The zero-order valence-corrected chi connectivity index (χ0v) is 19.8. The van der Waals surface area contributed by atoms with Crippen LogP contribution in [0, 0.1) is 11.3 Å². The second kappa shape index (κ2) is 8.20. The van der Waals surface area contributed by atoms with Gasteiger partial charge in [-0.3, -0.25) is 9.48 Å². The Morgan fingerprint density at radius 2 is 1.91 bits per heavy atom. The molecule has 7 nitrogen and oxygen atoms in total. The van der Waals surface area contributed by atoms with Gasteiger partial charge < -0.3 is 4.57 Å². The van der Waals surface area contributed by atoms with Crippen molar-refractivity contribution in [3.63, 3.8) is 0 Å². The maximum absolute atomic E-state index is 13.4. The standard InChI is InChI=1S/C23H22F3N5O2S/c1-22(2,3)34(33)29-18(13-5-8-17(23(24,25)26)14(11-13)12-27)20-16-9-10-31(15-6-7-15)21(32)19(16)28-30(20)4/h5,8-11,15H,6-7H2,1-4H3/b29-18+. The third-order valence-electron chi connectivity index (χ3n) is 5.50. The number of pyridine rings is 1. The predicted octanol–water partition coefficient (Wildman–Crippen LogP) is 4.26. The summed E-state index contributed by atoms with van der Waals surface area (Å²) in [5.41, 5.74) is -1.15. The Morgan fingerprint density at radius 1 is 1.24 bits per heavy atom. The van der Waals surface area contributed by atoms with Crippen LogP contribution in [0.3, 0.4) is 0 Å². The Hall–Kier alpha value is -3.26. The summed E-state index contributed by atoms with van der Waals surface area (Å²) >= 11 is 0. The van der Waals surface area contributed by atoms with Gasteiger partial charge in [-0.1, -0.05) is 6.07 Å². The zero-order valence-electron chi connectivity index (χ0n) is 19.0. The quantitative estimate of drug-likeness (QED) is 0.512. The molecule has 1 saturated carbocycles. The van der Waals surface area contributed by atoms with E-state index in [2.05, 4.69) is 9.50 Å². The van der Waals surface area contributed by atoms with E-state index in [1.807, 2.05) is 0 Å². The van der Waals surface area contributed by atoms with E-state index in [-0.39, 0.29) is 28.4 Å². The summed E-state index contributed by atoms with van der Waals surface area (Å²) < 4.78 is 59.7. The third-order valence-corrected chi connectivity index (χ3v) is 6.90. The molecule has 0 saturated heterocycles. The number of nitrogens with zero attached hydrogens (tertiary/aromatic N) is 5. The second-order valence-corrected chi connectivity index (χ2v) is 11.1. The van der Waals surface area contributed by atoms with Gasteiger partial charge in [-0.25, -0.2) is 4.21 Å². The van der Waals surface area contributed by atoms with E-state index < -0.39 is 33.0 Å². The highest BCUT2D eigenvalue weighted by Gasteiger charge is 2.34. The van der Waals surface area contributed by atoms with Gasteiger partial charge in [0, 0.05) is 30.2 Å². The minimum Gasteiger partial charge on any atom is -0.311 e. The van der Waals surface area contributed by atoms with E-state index in [4.69, 9.17) is 0 Å². The fourth-order valence-corrected chi connectivity index (χ4v) is 4.24. The van der Waals surface area contributed by atoms with Crippen molar-refractivity contribution in [2.75, 3.05) is 0 Å². The number of aryl methyl sites for hydroxylation is 1. The van der Waals surface area contributed by atoms with Crippen LogP contribution in [0.4, 0.5) is 13.2 Å².